The summed E-state index contributed by atoms with van der Waals surface area (Å²) >= 11 is 3.10. The molecule has 1 aromatic carbocycles. The van der Waals surface area contributed by atoms with Gasteiger partial charge in [0.25, 0.3) is 12.4 Å². The maximum absolute atomic E-state index is 12.4. The van der Waals surface area contributed by atoms with E-state index >= 15 is 0 Å². The van der Waals surface area contributed by atoms with Gasteiger partial charge in [-0.1, -0.05) is 41.7 Å². The Labute approximate surface area is 170 Å². The van der Waals surface area contributed by atoms with Gasteiger partial charge >= 0.3 is 0 Å². The number of carbonyl (C=O) groups is 2. The maximum Gasteiger partial charge on any atom is 0.290 e. The molecule has 0 unspecified atom stereocenters. The molecule has 3 aromatic rings. The lowest BCUT2D eigenvalue weighted by molar-refractivity contribution is -0.122. The Balaban J connectivity index is 0.000000878. The number of carbonyl (C=O) groups excluding carboxylic acids is 1. The predicted octanol–water partition coefficient (Wildman–Crippen LogP) is 3.20. The Hall–Kier alpha value is -2.85. The van der Waals surface area contributed by atoms with Gasteiger partial charge in [-0.05, 0) is 31.0 Å². The zero-order chi connectivity index (χ0) is 20.5. The molecule has 0 aliphatic carbocycles. The van der Waals surface area contributed by atoms with Crippen LogP contribution in [-0.2, 0) is 17.8 Å². The van der Waals surface area contributed by atoms with Gasteiger partial charge in [-0.15, -0.1) is 10.2 Å². The second kappa shape index (κ2) is 10.5. The summed E-state index contributed by atoms with van der Waals surface area (Å²) in [7, 11) is 1.85. The normalized spacial score (nSPS) is 9.96. The lowest BCUT2D eigenvalue weighted by atomic mass is 10.1. The molecule has 0 saturated carbocycles. The summed E-state index contributed by atoms with van der Waals surface area (Å²) in [5, 5.41) is 23.7. The first-order valence-electron chi connectivity index (χ1n) is 8.45. The van der Waals surface area contributed by atoms with Crippen molar-refractivity contribution in [2.24, 2.45) is 0 Å². The van der Waals surface area contributed by atoms with Gasteiger partial charge in [0, 0.05) is 12.6 Å². The van der Waals surface area contributed by atoms with Gasteiger partial charge in [0.1, 0.15) is 10.0 Å². The molecule has 28 heavy (non-hydrogen) atoms. The highest BCUT2D eigenvalue weighted by Gasteiger charge is 2.12. The van der Waals surface area contributed by atoms with E-state index in [2.05, 4.69) is 25.8 Å². The number of nitrogens with zero attached hydrogens (tertiary/aromatic N) is 3. The molecule has 8 nitrogen and oxygen atoms in total. The van der Waals surface area contributed by atoms with Crippen molar-refractivity contribution in [1.82, 2.24) is 20.5 Å². The standard InChI is InChI=1S/C17H19N5OS2.CH2O2/c1-4-13-21-22-14(24-13)9-19-16(23)12-7-5-6-11(8-12)15-10(2)20-17(18-3)25-15;2-1-3/h5-8H,4,9H2,1-3H3,(H,18,20)(H,19,23);1H,(H,2,3). The van der Waals surface area contributed by atoms with Gasteiger partial charge in [-0.2, -0.15) is 0 Å². The van der Waals surface area contributed by atoms with E-state index in [0.29, 0.717) is 12.1 Å². The number of hydrogen-bond donors (Lipinski definition) is 3. The summed E-state index contributed by atoms with van der Waals surface area (Å²) in [6.07, 6.45) is 0.858. The number of nitrogens with one attached hydrogen (secondary N) is 2. The van der Waals surface area contributed by atoms with Crippen molar-refractivity contribution in [2.75, 3.05) is 12.4 Å². The first kappa shape index (κ1) is 21.5. The largest absolute Gasteiger partial charge is 0.483 e. The first-order chi connectivity index (χ1) is 13.5. The van der Waals surface area contributed by atoms with Crippen molar-refractivity contribution in [2.45, 2.75) is 26.8 Å². The van der Waals surface area contributed by atoms with Gasteiger partial charge in [-0.3, -0.25) is 9.59 Å². The van der Waals surface area contributed by atoms with E-state index in [-0.39, 0.29) is 12.4 Å². The van der Waals surface area contributed by atoms with Crippen LogP contribution in [0.1, 0.15) is 33.0 Å². The minimum absolute atomic E-state index is 0.119. The molecule has 0 aliphatic heterocycles. The highest BCUT2D eigenvalue weighted by atomic mass is 32.1. The molecular formula is C18H21N5O3S2. The lowest BCUT2D eigenvalue weighted by Crippen LogP contribution is -2.22. The summed E-state index contributed by atoms with van der Waals surface area (Å²) in [5.41, 5.74) is 2.57. The van der Waals surface area contributed by atoms with Crippen LogP contribution >= 0.6 is 22.7 Å². The average Bonchev–Trinajstić information content (AvgIpc) is 3.33. The Morgan fingerprint density at radius 2 is 1.96 bits per heavy atom. The Bertz CT molecular complexity index is 939. The highest BCUT2D eigenvalue weighted by Crippen LogP contribution is 2.32. The molecule has 0 bridgehead atoms. The molecule has 3 rings (SSSR count). The quantitative estimate of drug-likeness (QED) is 0.525. The molecule has 2 aromatic heterocycles. The summed E-state index contributed by atoms with van der Waals surface area (Å²) < 4.78 is 0. The van der Waals surface area contributed by atoms with Crippen molar-refractivity contribution in [3.8, 4) is 10.4 Å². The second-order valence-electron chi connectivity index (χ2n) is 5.50. The van der Waals surface area contributed by atoms with Crippen LogP contribution in [0.15, 0.2) is 24.3 Å². The van der Waals surface area contributed by atoms with Crippen molar-refractivity contribution >= 4 is 40.2 Å². The number of anilines is 1. The zero-order valence-corrected chi connectivity index (χ0v) is 17.4. The minimum atomic E-state index is -0.250. The fourth-order valence-electron chi connectivity index (χ4n) is 2.33. The van der Waals surface area contributed by atoms with Crippen LogP contribution in [0.4, 0.5) is 5.13 Å². The molecule has 3 N–H and O–H groups in total. The van der Waals surface area contributed by atoms with Crippen molar-refractivity contribution in [1.29, 1.82) is 0 Å². The SMILES string of the molecule is CCc1nnc(CNC(=O)c2cccc(-c3sc(NC)nc3C)c2)s1.O=CO. The summed E-state index contributed by atoms with van der Waals surface area (Å²) in [6, 6.07) is 7.59. The van der Waals surface area contributed by atoms with Gasteiger partial charge in [-0.25, -0.2) is 4.98 Å². The van der Waals surface area contributed by atoms with E-state index in [1.807, 2.05) is 45.2 Å². The third-order valence-corrected chi connectivity index (χ3v) is 5.90. The third-order valence-electron chi connectivity index (χ3n) is 3.61. The molecular weight excluding hydrogens is 398 g/mol. The van der Waals surface area contributed by atoms with Crippen LogP contribution in [-0.4, -0.2) is 39.7 Å². The van der Waals surface area contributed by atoms with Crippen LogP contribution < -0.4 is 10.6 Å². The number of benzene rings is 1. The summed E-state index contributed by atoms with van der Waals surface area (Å²) in [6.45, 7) is 4.15. The minimum Gasteiger partial charge on any atom is -0.483 e. The van der Waals surface area contributed by atoms with Crippen LogP contribution in [0, 0.1) is 6.92 Å². The number of rotatable bonds is 6. The Morgan fingerprint density at radius 3 is 2.57 bits per heavy atom. The number of hydrogen-bond acceptors (Lipinski definition) is 8. The monoisotopic (exact) mass is 419 g/mol. The zero-order valence-electron chi connectivity index (χ0n) is 15.7. The van der Waals surface area contributed by atoms with Crippen LogP contribution in [0.3, 0.4) is 0 Å². The average molecular weight is 420 g/mol. The molecule has 0 spiro atoms. The molecule has 0 atom stereocenters. The number of carboxylic acid groups (broad SMARTS) is 1. The molecule has 148 valence electrons. The number of thiazole rings is 1. The van der Waals surface area contributed by atoms with E-state index in [4.69, 9.17) is 9.90 Å². The Morgan fingerprint density at radius 1 is 1.25 bits per heavy atom. The molecule has 1 amide bonds. The summed E-state index contributed by atoms with van der Waals surface area (Å²) in [5.74, 6) is -0.119. The molecule has 0 radical (unpaired) electrons. The van der Waals surface area contributed by atoms with Crippen LogP contribution in [0.2, 0.25) is 0 Å². The topological polar surface area (TPSA) is 117 Å². The van der Waals surface area contributed by atoms with E-state index in [1.165, 1.54) is 11.3 Å². The number of aromatic nitrogens is 3. The van der Waals surface area contributed by atoms with E-state index in [1.54, 1.807) is 11.3 Å². The first-order valence-corrected chi connectivity index (χ1v) is 10.1. The van der Waals surface area contributed by atoms with Crippen LogP contribution in [0.5, 0.6) is 0 Å². The second-order valence-corrected chi connectivity index (χ2v) is 7.64. The third kappa shape index (κ3) is 5.57. The van der Waals surface area contributed by atoms with Crippen LogP contribution in [0.25, 0.3) is 10.4 Å². The van der Waals surface area contributed by atoms with E-state index in [0.717, 1.165) is 37.7 Å². The van der Waals surface area contributed by atoms with Crippen molar-refractivity contribution in [3.05, 3.63) is 45.5 Å². The lowest BCUT2D eigenvalue weighted by Gasteiger charge is -2.05. The Kier molecular flexibility index (Phi) is 8.02. The van der Waals surface area contributed by atoms with E-state index < -0.39 is 0 Å². The van der Waals surface area contributed by atoms with E-state index in [9.17, 15) is 4.79 Å². The highest BCUT2D eigenvalue weighted by molar-refractivity contribution is 7.19. The number of aryl methyl sites for hydroxylation is 2. The predicted molar refractivity (Wildman–Crippen MR) is 111 cm³/mol. The van der Waals surface area contributed by atoms with Gasteiger partial charge < -0.3 is 15.7 Å². The number of amides is 1. The fourth-order valence-corrected chi connectivity index (χ4v) is 3.97. The van der Waals surface area contributed by atoms with Gasteiger partial charge in [0.05, 0.1) is 17.1 Å². The smallest absolute Gasteiger partial charge is 0.290 e. The van der Waals surface area contributed by atoms with Gasteiger partial charge in [0.15, 0.2) is 5.13 Å². The maximum atomic E-state index is 12.4. The van der Waals surface area contributed by atoms with Crippen molar-refractivity contribution < 1.29 is 14.7 Å². The molecule has 10 heteroatoms. The molecule has 2 heterocycles. The van der Waals surface area contributed by atoms with Gasteiger partial charge in [0.2, 0.25) is 0 Å². The summed E-state index contributed by atoms with van der Waals surface area (Å²) in [4.78, 5) is 26.3. The molecule has 0 saturated heterocycles. The van der Waals surface area contributed by atoms with Crippen molar-refractivity contribution in [3.63, 3.8) is 0 Å². The molecule has 0 fully saturated rings. The molecule has 0 aliphatic rings. The fraction of sp³-hybridized carbons (Fsp3) is 0.278.